The highest BCUT2D eigenvalue weighted by Gasteiger charge is 2.10. The van der Waals surface area contributed by atoms with E-state index in [2.05, 4.69) is 31.3 Å². The molecule has 0 fully saturated rings. The number of primary amides is 1. The van der Waals surface area contributed by atoms with Gasteiger partial charge in [0.15, 0.2) is 0 Å². The number of H-pyrrole nitrogens is 1. The number of pyridine rings is 3. The number of carbonyl (C=O) groups is 1. The van der Waals surface area contributed by atoms with Crippen LogP contribution in [0.2, 0.25) is 0 Å². The van der Waals surface area contributed by atoms with Crippen molar-refractivity contribution in [2.75, 3.05) is 12.4 Å². The Kier molecular flexibility index (Phi) is 4.55. The average Bonchev–Trinajstić information content (AvgIpc) is 3.16. The Hall–Kier alpha value is -4.00. The Morgan fingerprint density at radius 1 is 1.18 bits per heavy atom. The third-order valence-corrected chi connectivity index (χ3v) is 4.34. The lowest BCUT2D eigenvalue weighted by atomic mass is 10.0. The van der Waals surface area contributed by atoms with E-state index in [1.54, 1.807) is 18.5 Å². The second-order valence-corrected chi connectivity index (χ2v) is 6.19. The molecular formula is C21H18N6O. The number of amides is 1. The number of aromatic nitrogens is 4. The van der Waals surface area contributed by atoms with Crippen LogP contribution < -0.4 is 11.1 Å². The van der Waals surface area contributed by atoms with E-state index in [9.17, 15) is 4.79 Å². The lowest BCUT2D eigenvalue weighted by molar-refractivity contribution is -0.113. The lowest BCUT2D eigenvalue weighted by Gasteiger charge is -2.05. The van der Waals surface area contributed by atoms with Gasteiger partial charge in [0, 0.05) is 48.2 Å². The Morgan fingerprint density at radius 3 is 2.89 bits per heavy atom. The average molecular weight is 370 g/mol. The number of fused-ring (bicyclic) bond motifs is 1. The Morgan fingerprint density at radius 2 is 2.07 bits per heavy atom. The zero-order chi connectivity index (χ0) is 19.5. The first kappa shape index (κ1) is 17.4. The molecule has 0 saturated carbocycles. The largest absolute Gasteiger partial charge is 0.373 e. The lowest BCUT2D eigenvalue weighted by Crippen LogP contribution is -2.05. The van der Waals surface area contributed by atoms with Crippen molar-refractivity contribution in [1.29, 1.82) is 0 Å². The minimum absolute atomic E-state index is 0.509. The summed E-state index contributed by atoms with van der Waals surface area (Å²) < 4.78 is 0. The van der Waals surface area contributed by atoms with Crippen molar-refractivity contribution in [3.63, 3.8) is 0 Å². The maximum absolute atomic E-state index is 10.9. The van der Waals surface area contributed by atoms with Crippen molar-refractivity contribution in [3.8, 4) is 22.4 Å². The van der Waals surface area contributed by atoms with Crippen molar-refractivity contribution in [1.82, 2.24) is 19.9 Å². The molecule has 0 aromatic carbocycles. The van der Waals surface area contributed by atoms with Crippen LogP contribution in [0.25, 0.3) is 39.5 Å². The van der Waals surface area contributed by atoms with Gasteiger partial charge >= 0.3 is 0 Å². The maximum atomic E-state index is 10.9. The van der Waals surface area contributed by atoms with Gasteiger partial charge in [-0.2, -0.15) is 0 Å². The number of nitrogens with zero attached hydrogens (tertiary/aromatic N) is 3. The number of aromatic amines is 1. The van der Waals surface area contributed by atoms with Gasteiger partial charge in [0.05, 0.1) is 11.4 Å². The van der Waals surface area contributed by atoms with Crippen LogP contribution in [0.1, 0.15) is 5.69 Å². The molecule has 4 N–H and O–H groups in total. The molecule has 0 spiro atoms. The predicted molar refractivity (Wildman–Crippen MR) is 110 cm³/mol. The third kappa shape index (κ3) is 3.45. The van der Waals surface area contributed by atoms with Crippen LogP contribution in [0.5, 0.6) is 0 Å². The highest BCUT2D eigenvalue weighted by molar-refractivity contribution is 5.96. The van der Waals surface area contributed by atoms with Crippen LogP contribution in [-0.2, 0) is 4.79 Å². The molecule has 4 aromatic rings. The topological polar surface area (TPSA) is 110 Å². The van der Waals surface area contributed by atoms with E-state index in [0.29, 0.717) is 5.69 Å². The summed E-state index contributed by atoms with van der Waals surface area (Å²) in [4.78, 5) is 27.5. The molecule has 0 aliphatic heterocycles. The summed E-state index contributed by atoms with van der Waals surface area (Å²) >= 11 is 0. The number of nitrogens with two attached hydrogens (primary N) is 1. The summed E-state index contributed by atoms with van der Waals surface area (Å²) in [5, 5.41) is 4.05. The zero-order valence-electron chi connectivity index (χ0n) is 15.2. The fourth-order valence-corrected chi connectivity index (χ4v) is 2.99. The summed E-state index contributed by atoms with van der Waals surface area (Å²) in [6.07, 6.45) is 8.37. The van der Waals surface area contributed by atoms with E-state index >= 15 is 0 Å². The normalized spacial score (nSPS) is 11.2. The molecule has 0 saturated heterocycles. The molecule has 0 atom stereocenters. The maximum Gasteiger partial charge on any atom is 0.241 e. The standard InChI is InChI=1S/C21H18N6O/c1-23-20-10-13(7-8-24-20)17-12-26-21-16(17)9-14(11-25-21)18-4-2-3-15(27-18)5-6-19(22)28/h2-12H,1H3,(H2,22,28)(H,23,24)(H,25,26)/b6-5+. The minimum atomic E-state index is -0.509. The number of anilines is 1. The molecule has 0 unspecified atom stereocenters. The fraction of sp³-hybridized carbons (Fsp3) is 0.0476. The van der Waals surface area contributed by atoms with Crippen molar-refractivity contribution in [2.24, 2.45) is 5.73 Å². The van der Waals surface area contributed by atoms with Crippen molar-refractivity contribution in [2.45, 2.75) is 0 Å². The van der Waals surface area contributed by atoms with Gasteiger partial charge < -0.3 is 16.0 Å². The van der Waals surface area contributed by atoms with Gasteiger partial charge in [-0.05, 0) is 42.0 Å². The van der Waals surface area contributed by atoms with Crippen molar-refractivity contribution < 1.29 is 4.79 Å². The molecule has 138 valence electrons. The van der Waals surface area contributed by atoms with Gasteiger partial charge in [0.1, 0.15) is 11.5 Å². The van der Waals surface area contributed by atoms with Gasteiger partial charge in [-0.15, -0.1) is 0 Å². The van der Waals surface area contributed by atoms with E-state index in [1.807, 2.05) is 43.6 Å². The second kappa shape index (κ2) is 7.32. The minimum Gasteiger partial charge on any atom is -0.373 e. The summed E-state index contributed by atoms with van der Waals surface area (Å²) in [6.45, 7) is 0. The summed E-state index contributed by atoms with van der Waals surface area (Å²) in [5.74, 6) is 0.289. The molecule has 0 aliphatic rings. The van der Waals surface area contributed by atoms with Crippen LogP contribution in [0.4, 0.5) is 5.82 Å². The predicted octanol–water partition coefficient (Wildman–Crippen LogP) is 3.23. The molecule has 1 amide bonds. The molecule has 4 rings (SSSR count). The van der Waals surface area contributed by atoms with E-state index in [1.165, 1.54) is 6.08 Å². The third-order valence-electron chi connectivity index (χ3n) is 4.34. The Bertz CT molecular complexity index is 1190. The summed E-state index contributed by atoms with van der Waals surface area (Å²) in [5.41, 5.74) is 10.3. The van der Waals surface area contributed by atoms with Gasteiger partial charge in [-0.3, -0.25) is 4.79 Å². The molecule has 0 aliphatic carbocycles. The van der Waals surface area contributed by atoms with Crippen LogP contribution in [0, 0.1) is 0 Å². The van der Waals surface area contributed by atoms with Gasteiger partial charge in [-0.1, -0.05) is 6.07 Å². The van der Waals surface area contributed by atoms with E-state index < -0.39 is 5.91 Å². The Labute approximate surface area is 161 Å². The SMILES string of the molecule is CNc1cc(-c2c[nH]c3ncc(-c4cccc(/C=C/C(N)=O)n4)cc23)ccn1. The first-order valence-corrected chi connectivity index (χ1v) is 8.70. The molecule has 7 nitrogen and oxygen atoms in total. The van der Waals surface area contributed by atoms with E-state index in [4.69, 9.17) is 5.73 Å². The summed E-state index contributed by atoms with van der Waals surface area (Å²) in [7, 11) is 1.84. The molecule has 0 radical (unpaired) electrons. The van der Waals surface area contributed by atoms with E-state index in [-0.39, 0.29) is 0 Å². The van der Waals surface area contributed by atoms with Crippen LogP contribution >= 0.6 is 0 Å². The van der Waals surface area contributed by atoms with Gasteiger partial charge in [0.2, 0.25) is 5.91 Å². The zero-order valence-corrected chi connectivity index (χ0v) is 15.2. The number of hydrogen-bond donors (Lipinski definition) is 3. The molecule has 7 heteroatoms. The van der Waals surface area contributed by atoms with Crippen LogP contribution in [0.15, 0.2) is 61.1 Å². The second-order valence-electron chi connectivity index (χ2n) is 6.19. The molecule has 4 aromatic heterocycles. The number of carbonyl (C=O) groups excluding carboxylic acids is 1. The van der Waals surface area contributed by atoms with Crippen LogP contribution in [0.3, 0.4) is 0 Å². The number of nitrogens with one attached hydrogen (secondary N) is 2. The van der Waals surface area contributed by atoms with Gasteiger partial charge in [-0.25, -0.2) is 15.0 Å². The summed E-state index contributed by atoms with van der Waals surface area (Å²) in [6, 6.07) is 11.6. The highest BCUT2D eigenvalue weighted by Crippen LogP contribution is 2.31. The Balaban J connectivity index is 1.78. The first-order chi connectivity index (χ1) is 13.6. The molecule has 28 heavy (non-hydrogen) atoms. The smallest absolute Gasteiger partial charge is 0.241 e. The first-order valence-electron chi connectivity index (χ1n) is 8.70. The highest BCUT2D eigenvalue weighted by atomic mass is 16.1. The van der Waals surface area contributed by atoms with Crippen molar-refractivity contribution in [3.05, 3.63) is 66.8 Å². The molecule has 4 heterocycles. The molecular weight excluding hydrogens is 352 g/mol. The number of hydrogen-bond acceptors (Lipinski definition) is 5. The fourth-order valence-electron chi connectivity index (χ4n) is 2.99. The van der Waals surface area contributed by atoms with Crippen molar-refractivity contribution >= 4 is 28.8 Å². The van der Waals surface area contributed by atoms with Crippen LogP contribution in [-0.4, -0.2) is 32.9 Å². The van der Waals surface area contributed by atoms with E-state index in [0.717, 1.165) is 39.2 Å². The quantitative estimate of drug-likeness (QED) is 0.467. The molecule has 0 bridgehead atoms. The number of rotatable bonds is 5. The monoisotopic (exact) mass is 370 g/mol. The van der Waals surface area contributed by atoms with Gasteiger partial charge in [0.25, 0.3) is 0 Å².